The number of hydrogen-bond acceptors (Lipinski definition) is 3. The van der Waals surface area contributed by atoms with Crippen molar-refractivity contribution in [3.05, 3.63) is 113 Å². The third-order valence-electron chi connectivity index (χ3n) is 5.43. The van der Waals surface area contributed by atoms with Gasteiger partial charge in [-0.3, -0.25) is 0 Å². The van der Waals surface area contributed by atoms with Crippen LogP contribution in [0, 0.1) is 6.92 Å². The van der Waals surface area contributed by atoms with Crippen molar-refractivity contribution in [2.75, 3.05) is 7.11 Å². The smallest absolute Gasteiger partial charge is 0.335 e. The first-order valence-corrected chi connectivity index (χ1v) is 10.1. The van der Waals surface area contributed by atoms with Crippen molar-refractivity contribution in [1.82, 2.24) is 9.55 Å². The minimum absolute atomic E-state index is 0.259. The zero-order valence-electron chi connectivity index (χ0n) is 17.5. The Balaban J connectivity index is 1.62. The number of rotatable bonds is 7. The second kappa shape index (κ2) is 8.98. The quantitative estimate of drug-likeness (QED) is 0.445. The molecule has 0 saturated heterocycles. The van der Waals surface area contributed by atoms with E-state index in [-0.39, 0.29) is 11.7 Å². The molecule has 0 amide bonds. The number of hydrogen-bond donors (Lipinski definition) is 1. The van der Waals surface area contributed by atoms with E-state index in [9.17, 15) is 4.79 Å². The van der Waals surface area contributed by atoms with Crippen LogP contribution in [0.1, 0.15) is 39.0 Å². The Bertz CT molecular complexity index is 1160. The second-order valence-corrected chi connectivity index (χ2v) is 7.45. The summed E-state index contributed by atoms with van der Waals surface area (Å²) in [6.45, 7) is 2.56. The molecule has 0 saturated carbocycles. The van der Waals surface area contributed by atoms with E-state index in [2.05, 4.69) is 45.9 Å². The van der Waals surface area contributed by atoms with Gasteiger partial charge in [0.1, 0.15) is 6.10 Å². The number of carboxylic acid groups (broad SMARTS) is 1. The van der Waals surface area contributed by atoms with Crippen LogP contribution in [0.25, 0.3) is 11.1 Å². The number of carbonyl (C=O) groups is 1. The molecule has 1 N–H and O–H groups in total. The van der Waals surface area contributed by atoms with Gasteiger partial charge in [-0.15, -0.1) is 0 Å². The summed E-state index contributed by atoms with van der Waals surface area (Å²) in [6, 6.07) is 25.6. The molecule has 0 bridgehead atoms. The molecule has 1 aromatic heterocycles. The van der Waals surface area contributed by atoms with Gasteiger partial charge in [-0.05, 0) is 41.3 Å². The zero-order chi connectivity index (χ0) is 21.8. The fraction of sp³-hybridized carbons (Fsp3) is 0.154. The van der Waals surface area contributed by atoms with Crippen molar-refractivity contribution < 1.29 is 14.6 Å². The number of aromatic carboxylic acids is 1. The summed E-state index contributed by atoms with van der Waals surface area (Å²) in [5.74, 6) is -0.927. The molecule has 0 fully saturated rings. The standard InChI is InChI=1S/C26H24N2O3/c1-18-24(28(17-27-18)16-19-8-10-23(11-9-19)26(29)30)25(31-2)22-14-12-21(13-15-22)20-6-4-3-5-7-20/h3-15,17,25H,16H2,1-2H3,(H,29,30). The number of nitrogens with zero attached hydrogens (tertiary/aromatic N) is 2. The van der Waals surface area contributed by atoms with Crippen molar-refractivity contribution in [2.45, 2.75) is 19.6 Å². The van der Waals surface area contributed by atoms with E-state index in [1.807, 2.05) is 37.3 Å². The molecule has 0 radical (unpaired) electrons. The summed E-state index contributed by atoms with van der Waals surface area (Å²) in [5.41, 5.74) is 6.54. The number of aryl methyl sites for hydroxylation is 1. The predicted octanol–water partition coefficient (Wildman–Crippen LogP) is 5.34. The number of imidazole rings is 1. The summed E-state index contributed by atoms with van der Waals surface area (Å²) in [4.78, 5) is 15.6. The van der Waals surface area contributed by atoms with Crippen molar-refractivity contribution in [3.8, 4) is 11.1 Å². The van der Waals surface area contributed by atoms with Crippen molar-refractivity contribution in [1.29, 1.82) is 0 Å². The highest BCUT2D eigenvalue weighted by molar-refractivity contribution is 5.87. The SMILES string of the molecule is COC(c1ccc(-c2ccccc2)cc1)c1c(C)ncn1Cc1ccc(C(=O)O)cc1. The molecule has 3 aromatic carbocycles. The van der Waals surface area contributed by atoms with Crippen LogP contribution in [0.3, 0.4) is 0 Å². The van der Waals surface area contributed by atoms with Crippen LogP contribution in [0.15, 0.2) is 85.2 Å². The fourth-order valence-electron chi connectivity index (χ4n) is 3.79. The Morgan fingerprint density at radius 3 is 2.23 bits per heavy atom. The van der Waals surface area contributed by atoms with Gasteiger partial charge in [0.15, 0.2) is 0 Å². The molecule has 0 spiro atoms. The maximum Gasteiger partial charge on any atom is 0.335 e. The normalized spacial score (nSPS) is 11.9. The average Bonchev–Trinajstić information content (AvgIpc) is 3.16. The van der Waals surface area contributed by atoms with Crippen LogP contribution < -0.4 is 0 Å². The minimum Gasteiger partial charge on any atom is -0.478 e. The second-order valence-electron chi connectivity index (χ2n) is 7.45. The van der Waals surface area contributed by atoms with Crippen LogP contribution in [0.5, 0.6) is 0 Å². The molecule has 156 valence electrons. The molecule has 1 heterocycles. The van der Waals surface area contributed by atoms with E-state index < -0.39 is 5.97 Å². The first-order chi connectivity index (χ1) is 15.1. The summed E-state index contributed by atoms with van der Waals surface area (Å²) in [5, 5.41) is 9.10. The van der Waals surface area contributed by atoms with Gasteiger partial charge in [0.25, 0.3) is 0 Å². The summed E-state index contributed by atoms with van der Waals surface area (Å²) < 4.78 is 7.96. The first kappa shape index (κ1) is 20.6. The van der Waals surface area contributed by atoms with Gasteiger partial charge in [-0.25, -0.2) is 9.78 Å². The highest BCUT2D eigenvalue weighted by Crippen LogP contribution is 2.30. The maximum absolute atomic E-state index is 11.1. The Morgan fingerprint density at radius 1 is 0.968 bits per heavy atom. The van der Waals surface area contributed by atoms with E-state index in [0.29, 0.717) is 6.54 Å². The monoisotopic (exact) mass is 412 g/mol. The topological polar surface area (TPSA) is 64.4 Å². The number of carboxylic acids is 1. The molecule has 1 unspecified atom stereocenters. The van der Waals surface area contributed by atoms with Gasteiger partial charge in [-0.1, -0.05) is 66.7 Å². The first-order valence-electron chi connectivity index (χ1n) is 10.1. The minimum atomic E-state index is -0.927. The fourth-order valence-corrected chi connectivity index (χ4v) is 3.79. The molecule has 0 aliphatic rings. The predicted molar refractivity (Wildman–Crippen MR) is 120 cm³/mol. The lowest BCUT2D eigenvalue weighted by Gasteiger charge is -2.20. The Labute approximate surface area is 181 Å². The van der Waals surface area contributed by atoms with Crippen LogP contribution in [0.2, 0.25) is 0 Å². The van der Waals surface area contributed by atoms with Crippen molar-refractivity contribution >= 4 is 5.97 Å². The molecule has 4 aromatic rings. The summed E-state index contributed by atoms with van der Waals surface area (Å²) >= 11 is 0. The molecule has 5 heteroatoms. The van der Waals surface area contributed by atoms with Crippen LogP contribution in [-0.2, 0) is 11.3 Å². The van der Waals surface area contributed by atoms with Crippen LogP contribution >= 0.6 is 0 Å². The van der Waals surface area contributed by atoms with E-state index in [1.54, 1.807) is 25.6 Å². The third-order valence-corrected chi connectivity index (χ3v) is 5.43. The van der Waals surface area contributed by atoms with Gasteiger partial charge in [0.2, 0.25) is 0 Å². The van der Waals surface area contributed by atoms with Crippen LogP contribution in [0.4, 0.5) is 0 Å². The number of ether oxygens (including phenoxy) is 1. The molecule has 31 heavy (non-hydrogen) atoms. The molecule has 1 atom stereocenters. The van der Waals surface area contributed by atoms with Gasteiger partial charge in [0, 0.05) is 13.7 Å². The number of benzene rings is 3. The Hall–Kier alpha value is -3.70. The van der Waals surface area contributed by atoms with Gasteiger partial charge in [0.05, 0.1) is 23.3 Å². The lowest BCUT2D eigenvalue weighted by atomic mass is 9.99. The molecular formula is C26H24N2O3. The largest absolute Gasteiger partial charge is 0.478 e. The number of methoxy groups -OCH3 is 1. The van der Waals surface area contributed by atoms with Crippen molar-refractivity contribution in [2.24, 2.45) is 0 Å². The summed E-state index contributed by atoms with van der Waals surface area (Å²) in [6.07, 6.45) is 1.55. The molecule has 5 nitrogen and oxygen atoms in total. The molecule has 0 aliphatic heterocycles. The lowest BCUT2D eigenvalue weighted by Crippen LogP contribution is -2.12. The van der Waals surface area contributed by atoms with E-state index in [1.165, 1.54) is 5.56 Å². The molecule has 0 aliphatic carbocycles. The molecule has 4 rings (SSSR count). The average molecular weight is 412 g/mol. The molecular weight excluding hydrogens is 388 g/mol. The van der Waals surface area contributed by atoms with Gasteiger partial charge < -0.3 is 14.4 Å². The van der Waals surface area contributed by atoms with E-state index in [0.717, 1.165) is 28.1 Å². The summed E-state index contributed by atoms with van der Waals surface area (Å²) in [7, 11) is 1.70. The van der Waals surface area contributed by atoms with E-state index in [4.69, 9.17) is 9.84 Å². The lowest BCUT2D eigenvalue weighted by molar-refractivity contribution is 0.0697. The highest BCUT2D eigenvalue weighted by Gasteiger charge is 2.21. The zero-order valence-corrected chi connectivity index (χ0v) is 17.5. The van der Waals surface area contributed by atoms with Gasteiger partial charge in [-0.2, -0.15) is 0 Å². The third kappa shape index (κ3) is 4.42. The Morgan fingerprint density at radius 2 is 1.61 bits per heavy atom. The van der Waals surface area contributed by atoms with Crippen molar-refractivity contribution in [3.63, 3.8) is 0 Å². The highest BCUT2D eigenvalue weighted by atomic mass is 16.5. The Kier molecular flexibility index (Phi) is 5.96. The van der Waals surface area contributed by atoms with E-state index >= 15 is 0 Å². The maximum atomic E-state index is 11.1. The van der Waals surface area contributed by atoms with Crippen LogP contribution in [-0.4, -0.2) is 27.7 Å². The van der Waals surface area contributed by atoms with Gasteiger partial charge >= 0.3 is 5.97 Å². The number of aromatic nitrogens is 2.